The highest BCUT2D eigenvalue weighted by molar-refractivity contribution is 14.1. The molecular weight excluding hydrogens is 309 g/mol. The molecule has 0 radical (unpaired) electrons. The monoisotopic (exact) mass is 331 g/mol. The molecule has 90 valence electrons. The summed E-state index contributed by atoms with van der Waals surface area (Å²) in [4.78, 5) is 0. The molecule has 0 amide bonds. The lowest BCUT2D eigenvalue weighted by molar-refractivity contribution is 0.510. The van der Waals surface area contributed by atoms with Gasteiger partial charge in [0.25, 0.3) is 0 Å². The van der Waals surface area contributed by atoms with Crippen molar-refractivity contribution in [2.24, 2.45) is 0 Å². The first-order valence-electron chi connectivity index (χ1n) is 6.13. The van der Waals surface area contributed by atoms with Crippen LogP contribution in [0.2, 0.25) is 0 Å². The maximum atomic E-state index is 3.44. The van der Waals surface area contributed by atoms with E-state index in [1.165, 1.54) is 40.4 Å². The van der Waals surface area contributed by atoms with E-state index in [0.717, 1.165) is 0 Å². The van der Waals surface area contributed by atoms with Gasteiger partial charge in [-0.3, -0.25) is 0 Å². The summed E-state index contributed by atoms with van der Waals surface area (Å²) in [6.45, 7) is 4.44. The molecule has 0 heterocycles. The van der Waals surface area contributed by atoms with E-state index >= 15 is 0 Å². The summed E-state index contributed by atoms with van der Waals surface area (Å²) in [6.07, 6.45) is 5.18. The van der Waals surface area contributed by atoms with Gasteiger partial charge in [0.2, 0.25) is 0 Å². The Hall–Kier alpha value is -0.0900. The number of rotatable bonds is 6. The molecule has 0 aliphatic carbocycles. The minimum absolute atomic E-state index is 0.512. The molecule has 1 N–H and O–H groups in total. The largest absolute Gasteiger partial charge is 0.313 e. The molecule has 1 aromatic carbocycles. The molecule has 16 heavy (non-hydrogen) atoms. The lowest BCUT2D eigenvalue weighted by atomic mass is 9.99. The van der Waals surface area contributed by atoms with Gasteiger partial charge in [-0.15, -0.1) is 0 Å². The SMILES string of the molecule is CCCCCC(NC)c1cccc(C)c1I. The summed E-state index contributed by atoms with van der Waals surface area (Å²) in [6, 6.07) is 7.11. The van der Waals surface area contributed by atoms with Crippen LogP contribution in [0, 0.1) is 10.5 Å². The molecule has 2 heteroatoms. The van der Waals surface area contributed by atoms with Crippen molar-refractivity contribution in [3.63, 3.8) is 0 Å². The third-order valence-corrected chi connectivity index (χ3v) is 4.52. The number of nitrogens with one attached hydrogen (secondary N) is 1. The van der Waals surface area contributed by atoms with Crippen molar-refractivity contribution < 1.29 is 0 Å². The van der Waals surface area contributed by atoms with E-state index in [9.17, 15) is 0 Å². The fraction of sp³-hybridized carbons (Fsp3) is 0.571. The van der Waals surface area contributed by atoms with E-state index in [2.05, 4.69) is 67.0 Å². The summed E-state index contributed by atoms with van der Waals surface area (Å²) in [7, 11) is 2.06. The summed E-state index contributed by atoms with van der Waals surface area (Å²) >= 11 is 2.46. The van der Waals surface area contributed by atoms with E-state index in [1.807, 2.05) is 0 Å². The molecule has 0 fully saturated rings. The second kappa shape index (κ2) is 7.28. The Kier molecular flexibility index (Phi) is 6.36. The van der Waals surface area contributed by atoms with Gasteiger partial charge in [0.1, 0.15) is 0 Å². The van der Waals surface area contributed by atoms with Crippen LogP contribution in [-0.2, 0) is 0 Å². The number of aryl methyl sites for hydroxylation is 1. The zero-order valence-corrected chi connectivity index (χ0v) is 12.7. The van der Waals surface area contributed by atoms with Gasteiger partial charge < -0.3 is 5.32 Å². The van der Waals surface area contributed by atoms with Crippen molar-refractivity contribution in [1.29, 1.82) is 0 Å². The van der Waals surface area contributed by atoms with Crippen LogP contribution in [0.15, 0.2) is 18.2 Å². The molecule has 1 unspecified atom stereocenters. The highest BCUT2D eigenvalue weighted by Crippen LogP contribution is 2.26. The molecule has 0 saturated heterocycles. The first kappa shape index (κ1) is 14.0. The average Bonchev–Trinajstić information content (AvgIpc) is 2.29. The minimum atomic E-state index is 0.512. The van der Waals surface area contributed by atoms with Crippen LogP contribution in [0.4, 0.5) is 0 Å². The molecule has 0 aliphatic heterocycles. The lowest BCUT2D eigenvalue weighted by Gasteiger charge is -2.19. The third-order valence-electron chi connectivity index (χ3n) is 3.04. The Bertz CT molecular complexity index is 323. The first-order valence-corrected chi connectivity index (χ1v) is 7.20. The molecular formula is C14H22IN. The quantitative estimate of drug-likeness (QED) is 0.600. The van der Waals surface area contributed by atoms with Gasteiger partial charge in [-0.25, -0.2) is 0 Å². The van der Waals surface area contributed by atoms with Crippen molar-refractivity contribution in [3.05, 3.63) is 32.9 Å². The first-order chi connectivity index (χ1) is 7.70. The molecule has 0 aliphatic rings. The van der Waals surface area contributed by atoms with Gasteiger partial charge >= 0.3 is 0 Å². The van der Waals surface area contributed by atoms with Crippen LogP contribution in [0.5, 0.6) is 0 Å². The van der Waals surface area contributed by atoms with Crippen LogP contribution in [-0.4, -0.2) is 7.05 Å². The average molecular weight is 331 g/mol. The molecule has 1 atom stereocenters. The van der Waals surface area contributed by atoms with Crippen LogP contribution in [0.25, 0.3) is 0 Å². The van der Waals surface area contributed by atoms with Crippen LogP contribution in [0.1, 0.15) is 49.8 Å². The lowest BCUT2D eigenvalue weighted by Crippen LogP contribution is -2.17. The molecule has 1 nitrogen and oxygen atoms in total. The highest BCUT2D eigenvalue weighted by Gasteiger charge is 2.12. The Balaban J connectivity index is 2.74. The smallest absolute Gasteiger partial charge is 0.0328 e. The molecule has 0 spiro atoms. The molecule has 0 aromatic heterocycles. The Morgan fingerprint density at radius 2 is 2.06 bits per heavy atom. The molecule has 0 bridgehead atoms. The second-order valence-electron chi connectivity index (χ2n) is 4.32. The Labute approximate surface area is 113 Å². The Morgan fingerprint density at radius 1 is 1.31 bits per heavy atom. The van der Waals surface area contributed by atoms with Crippen molar-refractivity contribution in [1.82, 2.24) is 5.32 Å². The fourth-order valence-electron chi connectivity index (χ4n) is 1.99. The number of benzene rings is 1. The number of hydrogen-bond acceptors (Lipinski definition) is 1. The minimum Gasteiger partial charge on any atom is -0.313 e. The van der Waals surface area contributed by atoms with Gasteiger partial charge in [0.15, 0.2) is 0 Å². The fourth-order valence-corrected chi connectivity index (χ4v) is 2.73. The zero-order valence-electron chi connectivity index (χ0n) is 10.5. The van der Waals surface area contributed by atoms with Crippen LogP contribution >= 0.6 is 22.6 Å². The highest BCUT2D eigenvalue weighted by atomic mass is 127. The zero-order chi connectivity index (χ0) is 12.0. The molecule has 1 aromatic rings. The standard InChI is InChI=1S/C14H22IN/c1-4-5-6-10-13(16-3)12-9-7-8-11(2)14(12)15/h7-9,13,16H,4-6,10H2,1-3H3. The van der Waals surface area contributed by atoms with E-state index < -0.39 is 0 Å². The normalized spacial score (nSPS) is 12.8. The van der Waals surface area contributed by atoms with Gasteiger partial charge in [0, 0.05) is 9.61 Å². The van der Waals surface area contributed by atoms with Crippen molar-refractivity contribution in [2.75, 3.05) is 7.05 Å². The van der Waals surface area contributed by atoms with E-state index in [-0.39, 0.29) is 0 Å². The van der Waals surface area contributed by atoms with Crippen LogP contribution < -0.4 is 5.32 Å². The number of hydrogen-bond donors (Lipinski definition) is 1. The van der Waals surface area contributed by atoms with Gasteiger partial charge in [-0.1, -0.05) is 44.4 Å². The van der Waals surface area contributed by atoms with Gasteiger partial charge in [-0.05, 0) is 54.1 Å². The van der Waals surface area contributed by atoms with E-state index in [1.54, 1.807) is 0 Å². The second-order valence-corrected chi connectivity index (χ2v) is 5.39. The van der Waals surface area contributed by atoms with E-state index in [4.69, 9.17) is 0 Å². The summed E-state index contributed by atoms with van der Waals surface area (Å²) in [5.74, 6) is 0. The number of unbranched alkanes of at least 4 members (excludes halogenated alkanes) is 2. The Morgan fingerprint density at radius 3 is 2.69 bits per heavy atom. The van der Waals surface area contributed by atoms with Crippen molar-refractivity contribution in [2.45, 2.75) is 45.6 Å². The maximum Gasteiger partial charge on any atom is 0.0328 e. The topological polar surface area (TPSA) is 12.0 Å². The van der Waals surface area contributed by atoms with E-state index in [0.29, 0.717) is 6.04 Å². The molecule has 0 saturated carbocycles. The van der Waals surface area contributed by atoms with Crippen molar-refractivity contribution >= 4 is 22.6 Å². The predicted molar refractivity (Wildman–Crippen MR) is 79.8 cm³/mol. The number of halogens is 1. The predicted octanol–water partition coefficient (Wildman–Crippen LogP) is 4.44. The van der Waals surface area contributed by atoms with Crippen LogP contribution in [0.3, 0.4) is 0 Å². The maximum absolute atomic E-state index is 3.44. The third kappa shape index (κ3) is 3.74. The van der Waals surface area contributed by atoms with Crippen molar-refractivity contribution in [3.8, 4) is 0 Å². The summed E-state index contributed by atoms with van der Waals surface area (Å²) < 4.78 is 1.41. The molecule has 1 rings (SSSR count). The summed E-state index contributed by atoms with van der Waals surface area (Å²) in [5.41, 5.74) is 2.84. The summed E-state index contributed by atoms with van der Waals surface area (Å²) in [5, 5.41) is 3.44. The van der Waals surface area contributed by atoms with Gasteiger partial charge in [-0.2, -0.15) is 0 Å². The van der Waals surface area contributed by atoms with Gasteiger partial charge in [0.05, 0.1) is 0 Å².